The van der Waals surface area contributed by atoms with Crippen LogP contribution < -0.4 is 0 Å². The molecule has 2 atom stereocenters. The van der Waals surface area contributed by atoms with E-state index in [0.717, 1.165) is 19.6 Å². The van der Waals surface area contributed by atoms with E-state index in [1.165, 1.54) is 32.1 Å². The Balaban J connectivity index is -0.0000000924. The lowest BCUT2D eigenvalue weighted by molar-refractivity contribution is 0.0285. The monoisotopic (exact) mass is 288 g/mol. The fourth-order valence-corrected chi connectivity index (χ4v) is 1.64. The van der Waals surface area contributed by atoms with E-state index in [4.69, 9.17) is 15.9 Å². The van der Waals surface area contributed by atoms with Crippen LogP contribution in [0.3, 0.4) is 0 Å². The minimum Gasteiger partial charge on any atom is -0.379 e. The Morgan fingerprint density at radius 3 is 1.45 bits per heavy atom. The van der Waals surface area contributed by atoms with Gasteiger partial charge in [-0.25, -0.2) is 0 Å². The van der Waals surface area contributed by atoms with Crippen LogP contribution in [0, 0.1) is 12.3 Å². The Morgan fingerprint density at radius 1 is 0.900 bits per heavy atom. The third kappa shape index (κ3) is 19.8. The molecule has 2 unspecified atom stereocenters. The molecule has 2 aliphatic heterocycles. The van der Waals surface area contributed by atoms with Crippen molar-refractivity contribution in [3.63, 3.8) is 0 Å². The molecule has 0 amide bonds. The topological polar surface area (TPSA) is 18.5 Å². The van der Waals surface area contributed by atoms with Crippen molar-refractivity contribution in [2.75, 3.05) is 13.2 Å². The molecule has 0 aromatic carbocycles. The van der Waals surface area contributed by atoms with Crippen molar-refractivity contribution in [2.45, 2.75) is 93.8 Å². The van der Waals surface area contributed by atoms with Gasteiger partial charge in [0.2, 0.25) is 0 Å². The van der Waals surface area contributed by atoms with E-state index >= 15 is 0 Å². The van der Waals surface area contributed by atoms with Gasteiger partial charge in [-0.3, -0.25) is 0 Å². The zero-order chi connectivity index (χ0) is 12.9. The van der Waals surface area contributed by atoms with E-state index < -0.39 is 0 Å². The Labute approximate surface area is 129 Å². The number of rotatable bonds is 0. The van der Waals surface area contributed by atoms with E-state index in [-0.39, 0.29) is 22.3 Å². The van der Waals surface area contributed by atoms with Gasteiger partial charge < -0.3 is 9.47 Å². The van der Waals surface area contributed by atoms with E-state index in [9.17, 15) is 0 Å². The van der Waals surface area contributed by atoms with Crippen molar-refractivity contribution < 1.29 is 9.47 Å². The van der Waals surface area contributed by atoms with E-state index in [1.807, 2.05) is 6.92 Å². The van der Waals surface area contributed by atoms with E-state index in [0.29, 0.717) is 12.2 Å². The first-order chi connectivity index (χ1) is 8.20. The van der Waals surface area contributed by atoms with Crippen LogP contribution in [0.5, 0.6) is 0 Å². The Hall–Kier alpha value is -0.520. The molecule has 0 bridgehead atoms. The van der Waals surface area contributed by atoms with Crippen LogP contribution in [-0.4, -0.2) is 25.4 Å². The lowest BCUT2D eigenvalue weighted by atomic mass is 10.1. The molecule has 0 aromatic rings. The van der Waals surface area contributed by atoms with Gasteiger partial charge in [0.05, 0.1) is 12.2 Å². The van der Waals surface area contributed by atoms with Crippen LogP contribution in [0.1, 0.15) is 81.6 Å². The summed E-state index contributed by atoms with van der Waals surface area (Å²) in [6, 6.07) is 0. The van der Waals surface area contributed by atoms with Crippen molar-refractivity contribution in [3.05, 3.63) is 0 Å². The van der Waals surface area contributed by atoms with Gasteiger partial charge in [-0.15, -0.1) is 12.3 Å². The van der Waals surface area contributed by atoms with E-state index in [1.54, 1.807) is 0 Å². The maximum absolute atomic E-state index is 5.28. The van der Waals surface area contributed by atoms with Crippen LogP contribution in [0.4, 0.5) is 0 Å². The largest absolute Gasteiger partial charge is 0.379 e. The first-order valence-electron chi connectivity index (χ1n) is 6.87. The molecule has 2 aliphatic rings. The predicted molar refractivity (Wildman–Crippen MR) is 93.2 cm³/mol. The number of hydrogen-bond acceptors (Lipinski definition) is 2. The molecule has 2 heteroatoms. The van der Waals surface area contributed by atoms with Gasteiger partial charge in [-0.05, 0) is 46.0 Å². The summed E-state index contributed by atoms with van der Waals surface area (Å²) in [5, 5.41) is 0. The highest BCUT2D eigenvalue weighted by Gasteiger charge is 2.07. The Morgan fingerprint density at radius 2 is 1.30 bits per heavy atom. The highest BCUT2D eigenvalue weighted by molar-refractivity contribution is 4.80. The molecule has 124 valence electrons. The second-order valence-corrected chi connectivity index (χ2v) is 4.56. The van der Waals surface area contributed by atoms with Crippen LogP contribution in [0.15, 0.2) is 0 Å². The van der Waals surface area contributed by atoms with Gasteiger partial charge in [0.1, 0.15) is 0 Å². The summed E-state index contributed by atoms with van der Waals surface area (Å²) in [5.74, 6) is 2.43. The second kappa shape index (κ2) is 20.8. The maximum atomic E-state index is 5.28. The fraction of sp³-hybridized carbons (Fsp3) is 0.889. The smallest absolute Gasteiger partial charge is 0.0547 e. The molecule has 20 heavy (non-hydrogen) atoms. The van der Waals surface area contributed by atoms with Gasteiger partial charge in [0, 0.05) is 19.6 Å². The van der Waals surface area contributed by atoms with Crippen LogP contribution in [0.25, 0.3) is 0 Å². The fourth-order valence-electron chi connectivity index (χ4n) is 1.64. The molecule has 2 fully saturated rings. The third-order valence-electron chi connectivity index (χ3n) is 2.77. The minimum atomic E-state index is 0. The average molecular weight is 289 g/mol. The van der Waals surface area contributed by atoms with Gasteiger partial charge in [-0.2, -0.15) is 0 Å². The van der Waals surface area contributed by atoms with Crippen LogP contribution >= 0.6 is 0 Å². The Kier molecular flexibility index (Phi) is 28.9. The predicted octanol–water partition coefficient (Wildman–Crippen LogP) is 5.70. The summed E-state index contributed by atoms with van der Waals surface area (Å²) in [5.41, 5.74) is 0. The van der Waals surface area contributed by atoms with Crippen LogP contribution in [-0.2, 0) is 9.47 Å². The lowest BCUT2D eigenvalue weighted by Gasteiger charge is -2.17. The molecule has 0 saturated carbocycles. The first kappa shape index (κ1) is 27.8. The average Bonchev–Trinajstić information content (AvgIpc) is 2.82. The molecule has 2 heterocycles. The second-order valence-electron chi connectivity index (χ2n) is 4.56. The zero-order valence-electron chi connectivity index (χ0n) is 11.7. The Bertz CT molecular complexity index is 184. The summed E-state index contributed by atoms with van der Waals surface area (Å²) in [6.45, 7) is 8.18. The molecule has 2 nitrogen and oxygen atoms in total. The molecular formula is C18H40O2. The van der Waals surface area contributed by atoms with Gasteiger partial charge in [-0.1, -0.05) is 29.2 Å². The van der Waals surface area contributed by atoms with Gasteiger partial charge >= 0.3 is 0 Å². The third-order valence-corrected chi connectivity index (χ3v) is 2.77. The molecule has 0 radical (unpaired) electrons. The highest BCUT2D eigenvalue weighted by atomic mass is 16.5. The summed E-state index contributed by atoms with van der Waals surface area (Å²) in [6.07, 6.45) is 13.1. The molecule has 0 spiro atoms. The van der Waals surface area contributed by atoms with Crippen molar-refractivity contribution in [3.8, 4) is 12.3 Å². The number of hydrogen-bond donors (Lipinski definition) is 0. The summed E-state index contributed by atoms with van der Waals surface area (Å²) < 4.78 is 10.4. The molecule has 2 saturated heterocycles. The van der Waals surface area contributed by atoms with E-state index in [2.05, 4.69) is 19.8 Å². The molecule has 2 rings (SSSR count). The number of ether oxygens (including phenoxy) is 2. The summed E-state index contributed by atoms with van der Waals surface area (Å²) in [4.78, 5) is 0. The summed E-state index contributed by atoms with van der Waals surface area (Å²) in [7, 11) is 0. The van der Waals surface area contributed by atoms with Gasteiger partial charge in [0.25, 0.3) is 0 Å². The quantitative estimate of drug-likeness (QED) is 0.532. The minimum absolute atomic E-state index is 0. The molecular weight excluding hydrogens is 248 g/mol. The SMILES string of the molecule is C.C.C.C#CCC.CC1CCCCO1.CC1CCCO1. The molecule has 0 aliphatic carbocycles. The maximum Gasteiger partial charge on any atom is 0.0547 e. The number of terminal acetylenes is 1. The molecule has 0 aromatic heterocycles. The van der Waals surface area contributed by atoms with Crippen molar-refractivity contribution >= 4 is 0 Å². The lowest BCUT2D eigenvalue weighted by Crippen LogP contribution is -2.14. The zero-order valence-corrected chi connectivity index (χ0v) is 11.7. The highest BCUT2D eigenvalue weighted by Crippen LogP contribution is 2.10. The van der Waals surface area contributed by atoms with Gasteiger partial charge in [0.15, 0.2) is 0 Å². The van der Waals surface area contributed by atoms with Crippen molar-refractivity contribution in [1.82, 2.24) is 0 Å². The van der Waals surface area contributed by atoms with Crippen molar-refractivity contribution in [1.29, 1.82) is 0 Å². The summed E-state index contributed by atoms with van der Waals surface area (Å²) >= 11 is 0. The normalized spacial score (nSPS) is 22.9. The van der Waals surface area contributed by atoms with Crippen molar-refractivity contribution in [2.24, 2.45) is 0 Å². The first-order valence-corrected chi connectivity index (χ1v) is 6.87. The van der Waals surface area contributed by atoms with Crippen LogP contribution in [0.2, 0.25) is 0 Å². The molecule has 0 N–H and O–H groups in total. The standard InChI is InChI=1S/C6H12O.C5H10O.C4H6.3CH4/c1-6-4-2-3-5-7-6;1-5-3-2-4-6-5;1-3-4-2;;;/h6H,2-5H2,1H3;5H,2-4H2,1H3;1H,4H2,2H3;3*1H4.